The summed E-state index contributed by atoms with van der Waals surface area (Å²) >= 11 is 0. The highest BCUT2D eigenvalue weighted by molar-refractivity contribution is 5.90. The molecule has 2 aliphatic heterocycles. The van der Waals surface area contributed by atoms with Crippen molar-refractivity contribution in [3.8, 4) is 0 Å². The number of nitrogens with zero attached hydrogens (tertiary/aromatic N) is 1. The molecule has 45 heavy (non-hydrogen) atoms. The maximum absolute atomic E-state index is 14.4. The van der Waals surface area contributed by atoms with Gasteiger partial charge in [-0.3, -0.25) is 9.59 Å². The zero-order valence-corrected chi connectivity index (χ0v) is 26.9. The maximum atomic E-state index is 14.4. The Bertz CT molecular complexity index is 1320. The molecule has 242 valence electrons. The fourth-order valence-corrected chi connectivity index (χ4v) is 6.02. The van der Waals surface area contributed by atoms with Crippen LogP contribution in [-0.2, 0) is 28.6 Å². The maximum Gasteiger partial charge on any atom is 0.408 e. The Morgan fingerprint density at radius 3 is 1.89 bits per heavy atom. The van der Waals surface area contributed by atoms with Crippen LogP contribution in [0.5, 0.6) is 0 Å². The summed E-state index contributed by atoms with van der Waals surface area (Å²) in [7, 11) is 0. The third-order valence-electron chi connectivity index (χ3n) is 8.04. The molecule has 0 aromatic heterocycles. The van der Waals surface area contributed by atoms with Gasteiger partial charge in [-0.15, -0.1) is 0 Å². The standard InChI is InChI=1S/C35H45N3O7/c1-7-25-19-20-26(8-2)38(25)32(40)31-29(36-22(3)39)27(37-34(42)45-35(4,5)6)21-28(43-31)33(41)44-30(23-15-11-9-12-16-23)24-17-13-10-14-18-24/h9-18,21,25-27,29-31H,7-8,19-20H2,1-6H3,(H,36,39)(H,37,42)/t25-,26-,27-,29+,31+/m0/s1. The molecule has 2 aromatic carbocycles. The van der Waals surface area contributed by atoms with E-state index in [1.165, 1.54) is 13.0 Å². The number of alkyl carbamates (subject to hydrolysis) is 1. The fraction of sp³-hybridized carbons (Fsp3) is 0.486. The molecule has 5 atom stereocenters. The summed E-state index contributed by atoms with van der Waals surface area (Å²) in [4.78, 5) is 55.5. The van der Waals surface area contributed by atoms with Crippen LogP contribution in [0.25, 0.3) is 0 Å². The average Bonchev–Trinajstić information content (AvgIpc) is 3.43. The van der Waals surface area contributed by atoms with E-state index in [1.807, 2.05) is 79.4 Å². The SMILES string of the molecule is CC[C@H]1CC[C@H](CC)N1C(=O)[C@@H]1OC(C(=O)OC(c2ccccc2)c2ccccc2)=C[C@H](NC(=O)OC(C)(C)C)[C@H]1NC(C)=O. The van der Waals surface area contributed by atoms with E-state index in [9.17, 15) is 19.2 Å². The Morgan fingerprint density at radius 1 is 0.889 bits per heavy atom. The van der Waals surface area contributed by atoms with Gasteiger partial charge in [0.05, 0.1) is 12.1 Å². The molecule has 3 amide bonds. The molecule has 2 heterocycles. The first-order chi connectivity index (χ1) is 21.4. The smallest absolute Gasteiger partial charge is 0.408 e. The minimum absolute atomic E-state index is 0.0110. The quantitative estimate of drug-likeness (QED) is 0.371. The van der Waals surface area contributed by atoms with Gasteiger partial charge in [-0.1, -0.05) is 74.5 Å². The van der Waals surface area contributed by atoms with Gasteiger partial charge in [0.2, 0.25) is 11.7 Å². The van der Waals surface area contributed by atoms with Gasteiger partial charge in [-0.25, -0.2) is 9.59 Å². The van der Waals surface area contributed by atoms with E-state index >= 15 is 0 Å². The van der Waals surface area contributed by atoms with Gasteiger partial charge in [0.15, 0.2) is 12.2 Å². The predicted molar refractivity (Wildman–Crippen MR) is 169 cm³/mol. The lowest BCUT2D eigenvalue weighted by Crippen LogP contribution is -2.64. The number of carbonyl (C=O) groups is 4. The summed E-state index contributed by atoms with van der Waals surface area (Å²) in [5.74, 6) is -1.84. The van der Waals surface area contributed by atoms with Crippen LogP contribution in [0.4, 0.5) is 4.79 Å². The van der Waals surface area contributed by atoms with Gasteiger partial charge in [0.1, 0.15) is 5.60 Å². The number of rotatable bonds is 9. The molecule has 0 radical (unpaired) electrons. The zero-order valence-electron chi connectivity index (χ0n) is 26.9. The van der Waals surface area contributed by atoms with E-state index in [2.05, 4.69) is 10.6 Å². The van der Waals surface area contributed by atoms with E-state index < -0.39 is 47.9 Å². The molecular weight excluding hydrogens is 574 g/mol. The summed E-state index contributed by atoms with van der Waals surface area (Å²) in [6.07, 6.45) is 1.72. The second-order valence-electron chi connectivity index (χ2n) is 12.5. The van der Waals surface area contributed by atoms with Crippen molar-refractivity contribution in [1.29, 1.82) is 0 Å². The van der Waals surface area contributed by atoms with E-state index in [-0.39, 0.29) is 23.8 Å². The fourth-order valence-electron chi connectivity index (χ4n) is 6.02. The molecule has 0 bridgehead atoms. The Labute approximate surface area is 265 Å². The topological polar surface area (TPSA) is 123 Å². The molecule has 2 N–H and O–H groups in total. The normalized spacial score (nSPS) is 23.0. The van der Waals surface area contributed by atoms with Crippen LogP contribution in [0.1, 0.15) is 84.5 Å². The molecule has 0 aliphatic carbocycles. The van der Waals surface area contributed by atoms with Crippen molar-refractivity contribution in [1.82, 2.24) is 15.5 Å². The molecule has 2 aromatic rings. The molecule has 1 saturated heterocycles. The summed E-state index contributed by atoms with van der Waals surface area (Å²) < 4.78 is 17.7. The number of amides is 3. The Morgan fingerprint density at radius 2 is 1.42 bits per heavy atom. The average molecular weight is 620 g/mol. The molecule has 4 rings (SSSR count). The van der Waals surface area contributed by atoms with Gasteiger partial charge in [0, 0.05) is 19.0 Å². The van der Waals surface area contributed by atoms with Gasteiger partial charge < -0.3 is 29.7 Å². The molecule has 0 spiro atoms. The zero-order chi connectivity index (χ0) is 32.7. The summed E-state index contributed by atoms with van der Waals surface area (Å²) in [6, 6.07) is 16.5. The number of ether oxygens (including phenoxy) is 3. The highest BCUT2D eigenvalue weighted by Gasteiger charge is 2.48. The first-order valence-electron chi connectivity index (χ1n) is 15.7. The number of carbonyl (C=O) groups excluding carboxylic acids is 4. The third kappa shape index (κ3) is 8.44. The second-order valence-corrected chi connectivity index (χ2v) is 12.5. The van der Waals surface area contributed by atoms with Crippen molar-refractivity contribution in [2.24, 2.45) is 0 Å². The molecular formula is C35H45N3O7. The second kappa shape index (κ2) is 14.6. The Balaban J connectivity index is 1.73. The molecule has 10 nitrogen and oxygen atoms in total. The molecule has 2 aliphatic rings. The van der Waals surface area contributed by atoms with Crippen LogP contribution in [0.15, 0.2) is 72.5 Å². The highest BCUT2D eigenvalue weighted by Crippen LogP contribution is 2.33. The molecule has 1 fully saturated rings. The van der Waals surface area contributed by atoms with Gasteiger partial charge in [0.25, 0.3) is 5.91 Å². The minimum atomic E-state index is -1.31. The van der Waals surface area contributed by atoms with E-state index in [1.54, 1.807) is 20.8 Å². The molecule has 0 saturated carbocycles. The Kier molecular flexibility index (Phi) is 10.9. The number of hydrogen-bond donors (Lipinski definition) is 2. The van der Waals surface area contributed by atoms with Gasteiger partial charge in [-0.2, -0.15) is 0 Å². The Hall–Kier alpha value is -4.34. The lowest BCUT2D eigenvalue weighted by Gasteiger charge is -2.40. The number of benzene rings is 2. The van der Waals surface area contributed by atoms with Crippen molar-refractivity contribution < 1.29 is 33.4 Å². The largest absolute Gasteiger partial charge is 0.471 e. The lowest BCUT2D eigenvalue weighted by atomic mass is 9.96. The molecule has 0 unspecified atom stereocenters. The van der Waals surface area contributed by atoms with Crippen LogP contribution in [0, 0.1) is 0 Å². The summed E-state index contributed by atoms with van der Waals surface area (Å²) in [6.45, 7) is 10.6. The highest BCUT2D eigenvalue weighted by atomic mass is 16.6. The predicted octanol–water partition coefficient (Wildman–Crippen LogP) is 5.18. The van der Waals surface area contributed by atoms with Crippen LogP contribution < -0.4 is 10.6 Å². The lowest BCUT2D eigenvalue weighted by molar-refractivity contribution is -0.156. The summed E-state index contributed by atoms with van der Waals surface area (Å²) in [5, 5.41) is 5.54. The van der Waals surface area contributed by atoms with Crippen molar-refractivity contribution in [2.45, 2.75) is 109 Å². The third-order valence-corrected chi connectivity index (χ3v) is 8.04. The van der Waals surface area contributed by atoms with Gasteiger partial charge >= 0.3 is 12.1 Å². The summed E-state index contributed by atoms with van der Waals surface area (Å²) in [5.41, 5.74) is 0.680. The van der Waals surface area contributed by atoms with E-state index in [0.29, 0.717) is 0 Å². The molecule has 10 heteroatoms. The van der Waals surface area contributed by atoms with Crippen molar-refractivity contribution in [3.63, 3.8) is 0 Å². The minimum Gasteiger partial charge on any atom is -0.471 e. The van der Waals surface area contributed by atoms with Crippen molar-refractivity contribution >= 4 is 23.9 Å². The van der Waals surface area contributed by atoms with E-state index in [4.69, 9.17) is 14.2 Å². The van der Waals surface area contributed by atoms with E-state index in [0.717, 1.165) is 36.8 Å². The first-order valence-corrected chi connectivity index (χ1v) is 15.7. The van der Waals surface area contributed by atoms with Gasteiger partial charge in [-0.05, 0) is 63.7 Å². The number of esters is 1. The van der Waals surface area contributed by atoms with Crippen molar-refractivity contribution in [2.75, 3.05) is 0 Å². The van der Waals surface area contributed by atoms with Crippen LogP contribution >= 0.6 is 0 Å². The first kappa shape index (κ1) is 33.6. The van der Waals surface area contributed by atoms with Crippen LogP contribution in [-0.4, -0.2) is 64.6 Å². The number of nitrogens with one attached hydrogen (secondary N) is 2. The number of hydrogen-bond acceptors (Lipinski definition) is 7. The van der Waals surface area contributed by atoms with Crippen molar-refractivity contribution in [3.05, 3.63) is 83.6 Å². The number of likely N-dealkylation sites (tertiary alicyclic amines) is 1. The van der Waals surface area contributed by atoms with Crippen LogP contribution in [0.2, 0.25) is 0 Å². The monoisotopic (exact) mass is 619 g/mol. The van der Waals surface area contributed by atoms with Crippen LogP contribution in [0.3, 0.4) is 0 Å².